The summed E-state index contributed by atoms with van der Waals surface area (Å²) in [5, 5.41) is 3.65. The molecule has 5 nitrogen and oxygen atoms in total. The number of benzene rings is 1. The van der Waals surface area contributed by atoms with Crippen LogP contribution in [0.3, 0.4) is 0 Å². The Kier molecular flexibility index (Phi) is 5.55. The number of rotatable bonds is 6. The minimum Gasteiger partial charge on any atom is -0.307 e. The lowest BCUT2D eigenvalue weighted by Crippen LogP contribution is -2.45. The molecule has 140 valence electrons. The molecule has 1 atom stereocenters. The van der Waals surface area contributed by atoms with Gasteiger partial charge in [-0.05, 0) is 43.7 Å². The fourth-order valence-corrected chi connectivity index (χ4v) is 3.65. The van der Waals surface area contributed by atoms with Gasteiger partial charge in [0.25, 0.3) is 0 Å². The van der Waals surface area contributed by atoms with Gasteiger partial charge in [-0.3, -0.25) is 9.47 Å². The molecule has 6 heteroatoms. The van der Waals surface area contributed by atoms with Crippen molar-refractivity contribution in [2.45, 2.75) is 32.0 Å². The highest BCUT2D eigenvalue weighted by atomic mass is 19.1. The van der Waals surface area contributed by atoms with Gasteiger partial charge in [0, 0.05) is 55.5 Å². The van der Waals surface area contributed by atoms with Crippen molar-refractivity contribution in [1.82, 2.24) is 24.8 Å². The van der Waals surface area contributed by atoms with Crippen molar-refractivity contribution in [3.05, 3.63) is 78.1 Å². The molecule has 1 aromatic carbocycles. The van der Waals surface area contributed by atoms with Gasteiger partial charge >= 0.3 is 0 Å². The first-order valence-corrected chi connectivity index (χ1v) is 9.42. The van der Waals surface area contributed by atoms with Crippen LogP contribution in [0.4, 0.5) is 4.39 Å². The van der Waals surface area contributed by atoms with Gasteiger partial charge in [0.05, 0.1) is 0 Å². The summed E-state index contributed by atoms with van der Waals surface area (Å²) in [7, 11) is 0. The maximum absolute atomic E-state index is 13.9. The standard InChI is InChI=1S/C21H24FN5/c22-20-9-2-1-6-17(20)15-26-12-3-7-18(16-26)25-14-19-8-4-13-27(19)21-23-10-5-11-24-21/h1-2,4-6,8-11,13,18,25H,3,7,12,14-16H2. The van der Waals surface area contributed by atoms with Gasteiger partial charge in [0.15, 0.2) is 0 Å². The van der Waals surface area contributed by atoms with Gasteiger partial charge in [-0.25, -0.2) is 14.4 Å². The van der Waals surface area contributed by atoms with E-state index in [0.717, 1.165) is 43.7 Å². The maximum atomic E-state index is 13.9. The third-order valence-electron chi connectivity index (χ3n) is 5.03. The zero-order chi connectivity index (χ0) is 18.5. The van der Waals surface area contributed by atoms with Crippen molar-refractivity contribution in [2.24, 2.45) is 0 Å². The molecule has 0 saturated carbocycles. The fraction of sp³-hybridized carbons (Fsp3) is 0.333. The number of piperidine rings is 1. The first-order chi connectivity index (χ1) is 13.3. The molecule has 0 radical (unpaired) electrons. The van der Waals surface area contributed by atoms with Crippen molar-refractivity contribution >= 4 is 0 Å². The first kappa shape index (κ1) is 17.8. The van der Waals surface area contributed by atoms with E-state index in [1.165, 1.54) is 6.07 Å². The van der Waals surface area contributed by atoms with E-state index in [9.17, 15) is 4.39 Å². The lowest BCUT2D eigenvalue weighted by atomic mass is 10.0. The molecule has 0 amide bonds. The Labute approximate surface area is 158 Å². The minimum atomic E-state index is -0.117. The second-order valence-corrected chi connectivity index (χ2v) is 6.96. The molecule has 1 N–H and O–H groups in total. The average Bonchev–Trinajstić information content (AvgIpc) is 3.18. The molecule has 0 spiro atoms. The maximum Gasteiger partial charge on any atom is 0.233 e. The highest BCUT2D eigenvalue weighted by molar-refractivity contribution is 5.20. The zero-order valence-electron chi connectivity index (χ0n) is 15.3. The smallest absolute Gasteiger partial charge is 0.233 e. The Bertz CT molecular complexity index is 864. The van der Waals surface area contributed by atoms with E-state index < -0.39 is 0 Å². The Morgan fingerprint density at radius 2 is 1.93 bits per heavy atom. The topological polar surface area (TPSA) is 46.0 Å². The van der Waals surface area contributed by atoms with Gasteiger partial charge < -0.3 is 5.32 Å². The van der Waals surface area contributed by atoms with Gasteiger partial charge in [0.2, 0.25) is 5.95 Å². The molecule has 2 aromatic heterocycles. The van der Waals surface area contributed by atoms with E-state index >= 15 is 0 Å². The summed E-state index contributed by atoms with van der Waals surface area (Å²) in [4.78, 5) is 11.0. The van der Waals surface area contributed by atoms with Gasteiger partial charge in [-0.1, -0.05) is 18.2 Å². The average molecular weight is 365 g/mol. The highest BCUT2D eigenvalue weighted by Gasteiger charge is 2.20. The fourth-order valence-electron chi connectivity index (χ4n) is 3.65. The molecule has 3 heterocycles. The van der Waals surface area contributed by atoms with Crippen LogP contribution in [0.1, 0.15) is 24.1 Å². The molecule has 1 saturated heterocycles. The van der Waals surface area contributed by atoms with Crippen LogP contribution in [-0.2, 0) is 13.1 Å². The molecule has 1 aliphatic rings. The summed E-state index contributed by atoms with van der Waals surface area (Å²) in [6.07, 6.45) is 7.74. The van der Waals surface area contributed by atoms with E-state index in [2.05, 4.69) is 26.3 Å². The van der Waals surface area contributed by atoms with Crippen LogP contribution < -0.4 is 5.32 Å². The predicted octanol–water partition coefficient (Wildman–Crippen LogP) is 3.16. The van der Waals surface area contributed by atoms with Crippen LogP contribution in [0.25, 0.3) is 5.95 Å². The Morgan fingerprint density at radius 3 is 2.78 bits per heavy atom. The predicted molar refractivity (Wildman–Crippen MR) is 103 cm³/mol. The van der Waals surface area contributed by atoms with Gasteiger partial charge in [-0.2, -0.15) is 0 Å². The van der Waals surface area contributed by atoms with Crippen LogP contribution in [0.15, 0.2) is 61.1 Å². The SMILES string of the molecule is Fc1ccccc1CN1CCCC(NCc2cccn2-c2ncccn2)C1. The number of hydrogen-bond donors (Lipinski definition) is 1. The number of aromatic nitrogens is 3. The molecule has 0 aliphatic carbocycles. The van der Waals surface area contributed by atoms with Crippen LogP contribution in [-0.4, -0.2) is 38.6 Å². The monoisotopic (exact) mass is 365 g/mol. The summed E-state index contributed by atoms with van der Waals surface area (Å²) < 4.78 is 15.9. The third kappa shape index (κ3) is 4.40. The number of halogens is 1. The molecule has 3 aromatic rings. The second-order valence-electron chi connectivity index (χ2n) is 6.96. The highest BCUT2D eigenvalue weighted by Crippen LogP contribution is 2.16. The van der Waals surface area contributed by atoms with E-state index in [4.69, 9.17) is 0 Å². The largest absolute Gasteiger partial charge is 0.307 e. The summed E-state index contributed by atoms with van der Waals surface area (Å²) in [6, 6.07) is 13.4. The Balaban J connectivity index is 1.35. The molecule has 1 aliphatic heterocycles. The van der Waals surface area contributed by atoms with E-state index in [1.54, 1.807) is 18.5 Å². The molecule has 0 bridgehead atoms. The number of nitrogens with one attached hydrogen (secondary N) is 1. The number of hydrogen-bond acceptors (Lipinski definition) is 4. The van der Waals surface area contributed by atoms with Crippen LogP contribution in [0.2, 0.25) is 0 Å². The minimum absolute atomic E-state index is 0.117. The third-order valence-corrected chi connectivity index (χ3v) is 5.03. The molecular formula is C21H24FN5. The van der Waals surface area contributed by atoms with Crippen molar-refractivity contribution in [3.63, 3.8) is 0 Å². The normalized spacial score (nSPS) is 17.9. The lowest BCUT2D eigenvalue weighted by Gasteiger charge is -2.33. The Hall–Kier alpha value is -2.57. The molecule has 27 heavy (non-hydrogen) atoms. The van der Waals surface area contributed by atoms with E-state index in [1.807, 2.05) is 35.0 Å². The zero-order valence-corrected chi connectivity index (χ0v) is 15.3. The van der Waals surface area contributed by atoms with Crippen LogP contribution in [0, 0.1) is 5.82 Å². The molecule has 4 rings (SSSR count). The second kappa shape index (κ2) is 8.41. The molecule has 1 unspecified atom stereocenters. The molecular weight excluding hydrogens is 341 g/mol. The van der Waals surface area contributed by atoms with Gasteiger partial charge in [0.1, 0.15) is 5.82 Å². The summed E-state index contributed by atoms with van der Waals surface area (Å²) in [5.74, 6) is 0.567. The first-order valence-electron chi connectivity index (χ1n) is 9.42. The summed E-state index contributed by atoms with van der Waals surface area (Å²) in [6.45, 7) is 3.36. The van der Waals surface area contributed by atoms with Crippen LogP contribution >= 0.6 is 0 Å². The Morgan fingerprint density at radius 1 is 1.07 bits per heavy atom. The van der Waals surface area contributed by atoms with Crippen molar-refractivity contribution < 1.29 is 4.39 Å². The van der Waals surface area contributed by atoms with E-state index in [-0.39, 0.29) is 5.82 Å². The summed E-state index contributed by atoms with van der Waals surface area (Å²) >= 11 is 0. The molecule has 1 fully saturated rings. The van der Waals surface area contributed by atoms with Gasteiger partial charge in [-0.15, -0.1) is 0 Å². The van der Waals surface area contributed by atoms with Crippen molar-refractivity contribution in [1.29, 1.82) is 0 Å². The number of likely N-dealkylation sites (tertiary alicyclic amines) is 1. The van der Waals surface area contributed by atoms with Crippen molar-refractivity contribution in [3.8, 4) is 5.95 Å². The van der Waals surface area contributed by atoms with Crippen molar-refractivity contribution in [2.75, 3.05) is 13.1 Å². The summed E-state index contributed by atoms with van der Waals surface area (Å²) in [5.41, 5.74) is 1.90. The number of nitrogens with zero attached hydrogens (tertiary/aromatic N) is 4. The van der Waals surface area contributed by atoms with Crippen LogP contribution in [0.5, 0.6) is 0 Å². The lowest BCUT2D eigenvalue weighted by molar-refractivity contribution is 0.180. The quantitative estimate of drug-likeness (QED) is 0.729. The van der Waals surface area contributed by atoms with E-state index in [0.29, 0.717) is 18.5 Å².